The summed E-state index contributed by atoms with van der Waals surface area (Å²) in [7, 11) is 0. The Morgan fingerprint density at radius 2 is 1.63 bits per heavy atom. The monoisotopic (exact) mass is 401 g/mol. The Bertz CT molecular complexity index is 1070. The zero-order valence-electron chi connectivity index (χ0n) is 17.0. The molecule has 30 heavy (non-hydrogen) atoms. The second-order valence-corrected chi connectivity index (χ2v) is 7.62. The number of ketones is 1. The summed E-state index contributed by atoms with van der Waals surface area (Å²) in [6, 6.07) is 20.1. The lowest BCUT2D eigenvalue weighted by Crippen LogP contribution is -2.27. The van der Waals surface area contributed by atoms with Gasteiger partial charge in [0.15, 0.2) is 5.78 Å². The zero-order chi connectivity index (χ0) is 21.1. The normalized spacial score (nSPS) is 12.7. The molecule has 3 aromatic rings. The Morgan fingerprint density at radius 3 is 2.33 bits per heavy atom. The van der Waals surface area contributed by atoms with Crippen molar-refractivity contribution in [2.24, 2.45) is 0 Å². The number of benzene rings is 3. The molecule has 3 aromatic carbocycles. The van der Waals surface area contributed by atoms with Crippen LogP contribution in [0.15, 0.2) is 66.7 Å². The van der Waals surface area contributed by atoms with Gasteiger partial charge in [-0.1, -0.05) is 49.4 Å². The van der Waals surface area contributed by atoms with Gasteiger partial charge in [0.25, 0.3) is 0 Å². The Hall–Kier alpha value is -3.27. The van der Waals surface area contributed by atoms with Gasteiger partial charge in [-0.3, -0.25) is 9.59 Å². The van der Waals surface area contributed by atoms with Crippen molar-refractivity contribution in [2.75, 3.05) is 11.4 Å². The quantitative estimate of drug-likeness (QED) is 0.504. The predicted molar refractivity (Wildman–Crippen MR) is 117 cm³/mol. The maximum Gasteiger partial charge on any atom is 0.226 e. The maximum atomic E-state index is 13.0. The molecule has 0 N–H and O–H groups in total. The van der Waals surface area contributed by atoms with Crippen LogP contribution in [0.4, 0.5) is 10.1 Å². The summed E-state index contributed by atoms with van der Waals surface area (Å²) in [6.07, 6.45) is 2.37. The molecule has 1 aliphatic heterocycles. The lowest BCUT2D eigenvalue weighted by Gasteiger charge is -2.16. The fourth-order valence-corrected chi connectivity index (χ4v) is 3.93. The van der Waals surface area contributed by atoms with Gasteiger partial charge in [-0.2, -0.15) is 0 Å². The molecular formula is C26H24FNO2. The third-order valence-electron chi connectivity index (χ3n) is 5.67. The van der Waals surface area contributed by atoms with Gasteiger partial charge in [-0.15, -0.1) is 0 Å². The molecule has 4 heteroatoms. The van der Waals surface area contributed by atoms with Gasteiger partial charge < -0.3 is 4.90 Å². The molecular weight excluding hydrogens is 377 g/mol. The second kappa shape index (κ2) is 8.62. The van der Waals surface area contributed by atoms with Crippen molar-refractivity contribution in [3.8, 4) is 11.1 Å². The number of carbonyl (C=O) groups is 2. The standard InChI is InChI=1S/C26H24FNO2/c1-2-26(30)28-16-15-22-17-21(10-13-24(22)28)19-6-8-20(9-7-19)25(29)14-5-18-3-11-23(27)12-4-18/h3-4,6-13,17H,2,5,14-16H2,1H3. The van der Waals surface area contributed by atoms with E-state index in [-0.39, 0.29) is 17.5 Å². The highest BCUT2D eigenvalue weighted by molar-refractivity contribution is 5.97. The van der Waals surface area contributed by atoms with Crippen LogP contribution in [-0.2, 0) is 17.6 Å². The van der Waals surface area contributed by atoms with Gasteiger partial charge in [-0.05, 0) is 59.4 Å². The SMILES string of the molecule is CCC(=O)N1CCc2cc(-c3ccc(C(=O)CCc4ccc(F)cc4)cc3)ccc21. The van der Waals surface area contributed by atoms with E-state index in [0.29, 0.717) is 24.8 Å². The Kier molecular flexibility index (Phi) is 5.75. The number of Topliss-reactive ketones (excluding diaryl/α,β-unsaturated/α-hetero) is 1. The van der Waals surface area contributed by atoms with E-state index in [0.717, 1.165) is 35.3 Å². The number of hydrogen-bond donors (Lipinski definition) is 0. The van der Waals surface area contributed by atoms with E-state index in [1.807, 2.05) is 48.2 Å². The summed E-state index contributed by atoms with van der Waals surface area (Å²) < 4.78 is 13.0. The number of fused-ring (bicyclic) bond motifs is 1. The van der Waals surface area contributed by atoms with E-state index in [1.165, 1.54) is 17.7 Å². The summed E-state index contributed by atoms with van der Waals surface area (Å²) in [6.45, 7) is 2.63. The summed E-state index contributed by atoms with van der Waals surface area (Å²) in [5.74, 6) is -0.0320. The number of amides is 1. The van der Waals surface area contributed by atoms with Crippen LogP contribution in [0.5, 0.6) is 0 Å². The van der Waals surface area contributed by atoms with Crippen LogP contribution in [0.25, 0.3) is 11.1 Å². The molecule has 4 rings (SSSR count). The second-order valence-electron chi connectivity index (χ2n) is 7.62. The zero-order valence-corrected chi connectivity index (χ0v) is 17.0. The van der Waals surface area contributed by atoms with Gasteiger partial charge >= 0.3 is 0 Å². The van der Waals surface area contributed by atoms with Crippen molar-refractivity contribution in [1.29, 1.82) is 0 Å². The third-order valence-corrected chi connectivity index (χ3v) is 5.67. The first-order valence-corrected chi connectivity index (χ1v) is 10.4. The van der Waals surface area contributed by atoms with E-state index in [2.05, 4.69) is 6.07 Å². The van der Waals surface area contributed by atoms with Crippen molar-refractivity contribution >= 4 is 17.4 Å². The van der Waals surface area contributed by atoms with Crippen LogP contribution in [-0.4, -0.2) is 18.2 Å². The predicted octanol–water partition coefficient (Wildman–Crippen LogP) is 5.61. The summed E-state index contributed by atoms with van der Waals surface area (Å²) >= 11 is 0. The molecule has 0 fully saturated rings. The molecule has 0 aromatic heterocycles. The van der Waals surface area contributed by atoms with Crippen LogP contribution in [0.1, 0.15) is 41.3 Å². The minimum absolute atomic E-state index is 0.0774. The molecule has 152 valence electrons. The van der Waals surface area contributed by atoms with Gasteiger partial charge in [0.2, 0.25) is 5.91 Å². The Labute approximate surface area is 176 Å². The highest BCUT2D eigenvalue weighted by Gasteiger charge is 2.23. The maximum absolute atomic E-state index is 13.0. The van der Waals surface area contributed by atoms with Crippen LogP contribution in [0, 0.1) is 5.82 Å². The van der Waals surface area contributed by atoms with Crippen molar-refractivity contribution in [2.45, 2.75) is 32.6 Å². The van der Waals surface area contributed by atoms with Gasteiger partial charge in [0.1, 0.15) is 5.82 Å². The third kappa shape index (κ3) is 4.18. The van der Waals surface area contributed by atoms with Gasteiger partial charge in [0, 0.05) is 30.6 Å². The number of aryl methyl sites for hydroxylation is 1. The Balaban J connectivity index is 1.44. The lowest BCUT2D eigenvalue weighted by atomic mass is 9.98. The smallest absolute Gasteiger partial charge is 0.226 e. The average molecular weight is 401 g/mol. The van der Waals surface area contributed by atoms with E-state index in [4.69, 9.17) is 0 Å². The first-order chi connectivity index (χ1) is 14.5. The van der Waals surface area contributed by atoms with Crippen molar-refractivity contribution in [3.63, 3.8) is 0 Å². The lowest BCUT2D eigenvalue weighted by molar-refractivity contribution is -0.118. The number of nitrogens with zero attached hydrogens (tertiary/aromatic N) is 1. The highest BCUT2D eigenvalue weighted by Crippen LogP contribution is 2.33. The van der Waals surface area contributed by atoms with Crippen LogP contribution in [0.3, 0.4) is 0 Å². The van der Waals surface area contributed by atoms with E-state index in [1.54, 1.807) is 12.1 Å². The fourth-order valence-electron chi connectivity index (χ4n) is 3.93. The summed E-state index contributed by atoms with van der Waals surface area (Å²) in [4.78, 5) is 26.4. The van der Waals surface area contributed by atoms with Crippen LogP contribution < -0.4 is 4.90 Å². The topological polar surface area (TPSA) is 37.4 Å². The molecule has 0 bridgehead atoms. The molecule has 1 amide bonds. The highest BCUT2D eigenvalue weighted by atomic mass is 19.1. The average Bonchev–Trinajstić information content (AvgIpc) is 3.21. The van der Waals surface area contributed by atoms with Gasteiger partial charge in [-0.25, -0.2) is 4.39 Å². The molecule has 0 saturated carbocycles. The van der Waals surface area contributed by atoms with Crippen molar-refractivity contribution in [3.05, 3.63) is 89.2 Å². The van der Waals surface area contributed by atoms with Crippen LogP contribution >= 0.6 is 0 Å². The number of anilines is 1. The number of rotatable bonds is 6. The minimum atomic E-state index is -0.267. The molecule has 0 aliphatic carbocycles. The molecule has 1 aliphatic rings. The van der Waals surface area contributed by atoms with E-state index < -0.39 is 0 Å². The molecule has 0 radical (unpaired) electrons. The molecule has 1 heterocycles. The molecule has 3 nitrogen and oxygen atoms in total. The Morgan fingerprint density at radius 1 is 0.933 bits per heavy atom. The fraction of sp³-hybridized carbons (Fsp3) is 0.231. The molecule has 0 unspecified atom stereocenters. The molecule has 0 saturated heterocycles. The van der Waals surface area contributed by atoms with Crippen LogP contribution in [0.2, 0.25) is 0 Å². The first-order valence-electron chi connectivity index (χ1n) is 10.4. The van der Waals surface area contributed by atoms with Gasteiger partial charge in [0.05, 0.1) is 0 Å². The summed E-state index contributed by atoms with van der Waals surface area (Å²) in [5, 5.41) is 0. The number of halogens is 1. The molecule has 0 spiro atoms. The van der Waals surface area contributed by atoms with Crippen molar-refractivity contribution < 1.29 is 14.0 Å². The number of carbonyl (C=O) groups excluding carboxylic acids is 2. The summed E-state index contributed by atoms with van der Waals surface area (Å²) in [5.41, 5.74) is 5.97. The van der Waals surface area contributed by atoms with E-state index >= 15 is 0 Å². The number of hydrogen-bond acceptors (Lipinski definition) is 2. The van der Waals surface area contributed by atoms with Crippen molar-refractivity contribution in [1.82, 2.24) is 0 Å². The molecule has 0 atom stereocenters. The van der Waals surface area contributed by atoms with E-state index in [9.17, 15) is 14.0 Å². The largest absolute Gasteiger partial charge is 0.312 e. The first kappa shape index (κ1) is 20.0. The minimum Gasteiger partial charge on any atom is -0.312 e.